The Kier molecular flexibility index (Phi) is 9.03. The van der Waals surface area contributed by atoms with Crippen LogP contribution in [0.2, 0.25) is 26.2 Å². The molecule has 8 heteroatoms. The van der Waals surface area contributed by atoms with Gasteiger partial charge in [0.05, 0.1) is 13.4 Å². The lowest BCUT2D eigenvalue weighted by molar-refractivity contribution is -0.670. The fourth-order valence-electron chi connectivity index (χ4n) is 5.87. The van der Waals surface area contributed by atoms with Crippen molar-refractivity contribution in [2.45, 2.75) is 64.0 Å². The summed E-state index contributed by atoms with van der Waals surface area (Å²) in [6, 6.07) is 17.6. The Morgan fingerprint density at radius 3 is 1.71 bits per heavy atom. The first-order valence-electron chi connectivity index (χ1n) is 13.0. The van der Waals surface area contributed by atoms with Crippen molar-refractivity contribution in [1.82, 2.24) is 14.1 Å². The molecular weight excluding hydrogens is 726 g/mol. The van der Waals surface area contributed by atoms with Crippen LogP contribution in [0.4, 0.5) is 0 Å². The molecule has 0 spiro atoms. The Morgan fingerprint density at radius 2 is 1.18 bits per heavy atom. The third-order valence-electron chi connectivity index (χ3n) is 9.60. The molecule has 4 aromatic rings. The Morgan fingerprint density at radius 1 is 0.737 bits per heavy atom. The van der Waals surface area contributed by atoms with Crippen molar-refractivity contribution in [3.05, 3.63) is 84.7 Å². The molecule has 4 heterocycles. The molecule has 4 nitrogen and oxygen atoms in total. The van der Waals surface area contributed by atoms with Gasteiger partial charge in [-0.15, -0.1) is 0 Å². The molecule has 2 aliphatic rings. The predicted molar refractivity (Wildman–Crippen MR) is 171 cm³/mol. The summed E-state index contributed by atoms with van der Waals surface area (Å²) in [6.45, 7) is 19.4. The normalized spacial score (nSPS) is 18.0. The SMILES string of the molecule is CC1(C)c2ccccc2-n2cncc2[Si]1(C)C.CI.C[n+]1cc2n(c1)-c1ccccc1C(C)(C)[Si]2(C)C.[I-]. The van der Waals surface area contributed by atoms with Gasteiger partial charge in [-0.05, 0) is 32.7 Å². The number of hydrogen-bond acceptors (Lipinski definition) is 1. The van der Waals surface area contributed by atoms with Crippen molar-refractivity contribution >= 4 is 49.4 Å². The fraction of sp³-hybridized carbons (Fsp3) is 0.400. The van der Waals surface area contributed by atoms with Crippen molar-refractivity contribution in [2.24, 2.45) is 7.05 Å². The first-order chi connectivity index (χ1) is 17.3. The molecule has 0 atom stereocenters. The number of aromatic nitrogens is 4. The summed E-state index contributed by atoms with van der Waals surface area (Å²) < 4.78 is 6.86. The van der Waals surface area contributed by atoms with Gasteiger partial charge in [-0.2, -0.15) is 0 Å². The smallest absolute Gasteiger partial charge is 0.248 e. The zero-order valence-corrected chi connectivity index (χ0v) is 30.8. The maximum Gasteiger partial charge on any atom is 0.248 e. The maximum absolute atomic E-state index is 4.36. The van der Waals surface area contributed by atoms with Gasteiger partial charge in [0.25, 0.3) is 0 Å². The number of nitrogens with zero attached hydrogens (tertiary/aromatic N) is 4. The van der Waals surface area contributed by atoms with Gasteiger partial charge in [0, 0.05) is 22.8 Å². The molecule has 2 aromatic heterocycles. The number of imidazole rings is 2. The van der Waals surface area contributed by atoms with Gasteiger partial charge in [-0.25, -0.2) is 14.1 Å². The molecule has 38 heavy (non-hydrogen) atoms. The summed E-state index contributed by atoms with van der Waals surface area (Å²) in [5.74, 6) is 0. The molecule has 0 saturated carbocycles. The van der Waals surface area contributed by atoms with Crippen molar-refractivity contribution in [3.63, 3.8) is 0 Å². The predicted octanol–water partition coefficient (Wildman–Crippen LogP) is 2.72. The standard InChI is InChI=1S/C15H21N2Si.C14H18N2Si.CH3I.HI/c1-15(2)12-8-6-7-9-13(12)17-11-16(3)10-14(17)18(15,4)5;1-14(2)11-7-5-6-8-12(11)16-10-15-9-13(16)17(14,3)4;1-2;/h6-11H,1-5H3;5-10H,1-4H3;1H3;1H/q+1;;;/p-1. The van der Waals surface area contributed by atoms with E-state index < -0.39 is 16.1 Å². The van der Waals surface area contributed by atoms with Crippen LogP contribution < -0.4 is 39.2 Å². The van der Waals surface area contributed by atoms with Crippen LogP contribution in [-0.4, -0.2) is 35.2 Å². The number of para-hydroxylation sites is 2. The average molecular weight is 769 g/mol. The summed E-state index contributed by atoms with van der Waals surface area (Å²) in [5.41, 5.74) is 5.61. The van der Waals surface area contributed by atoms with Gasteiger partial charge in [0.15, 0.2) is 0 Å². The van der Waals surface area contributed by atoms with Gasteiger partial charge >= 0.3 is 0 Å². The highest BCUT2D eigenvalue weighted by molar-refractivity contribution is 14.1. The minimum atomic E-state index is -1.54. The van der Waals surface area contributed by atoms with Gasteiger partial charge in [-0.1, -0.05) is 113 Å². The minimum absolute atomic E-state index is 0. The molecule has 0 amide bonds. The topological polar surface area (TPSA) is 26.6 Å². The van der Waals surface area contributed by atoms with E-state index in [-0.39, 0.29) is 34.1 Å². The highest BCUT2D eigenvalue weighted by Gasteiger charge is 2.52. The number of fused-ring (bicyclic) bond motifs is 6. The molecule has 6 rings (SSSR count). The van der Waals surface area contributed by atoms with E-state index in [0.717, 1.165) is 0 Å². The number of hydrogen-bond donors (Lipinski definition) is 0. The lowest BCUT2D eigenvalue weighted by Gasteiger charge is -2.45. The Balaban J connectivity index is 0.000000193. The van der Waals surface area contributed by atoms with E-state index in [9.17, 15) is 0 Å². The molecule has 0 fully saturated rings. The van der Waals surface area contributed by atoms with E-state index in [1.165, 1.54) is 33.1 Å². The monoisotopic (exact) mass is 768 g/mol. The van der Waals surface area contributed by atoms with Crippen LogP contribution in [-0.2, 0) is 17.1 Å². The second-order valence-electron chi connectivity index (χ2n) is 12.3. The van der Waals surface area contributed by atoms with Crippen LogP contribution in [0.1, 0.15) is 38.8 Å². The van der Waals surface area contributed by atoms with Crippen molar-refractivity contribution in [3.8, 4) is 11.4 Å². The van der Waals surface area contributed by atoms with E-state index in [1.807, 2.05) is 11.3 Å². The number of rotatable bonds is 0. The molecule has 204 valence electrons. The van der Waals surface area contributed by atoms with Crippen LogP contribution in [0, 0.1) is 0 Å². The Labute approximate surface area is 262 Å². The largest absolute Gasteiger partial charge is 1.00 e. The van der Waals surface area contributed by atoms with E-state index >= 15 is 0 Å². The fourth-order valence-corrected chi connectivity index (χ4v) is 11.4. The number of alkyl halides is 1. The highest BCUT2D eigenvalue weighted by atomic mass is 127. The first kappa shape index (κ1) is 31.3. The summed E-state index contributed by atoms with van der Waals surface area (Å²) in [7, 11) is -0.948. The third-order valence-corrected chi connectivity index (χ3v) is 19.7. The van der Waals surface area contributed by atoms with Crippen LogP contribution in [0.15, 0.2) is 73.6 Å². The molecule has 0 N–H and O–H groups in total. The zero-order valence-electron chi connectivity index (χ0n) is 24.5. The maximum atomic E-state index is 4.36. The van der Waals surface area contributed by atoms with Crippen molar-refractivity contribution in [2.75, 3.05) is 4.93 Å². The summed E-state index contributed by atoms with van der Waals surface area (Å²) in [4.78, 5) is 6.33. The second kappa shape index (κ2) is 11.0. The molecule has 0 aliphatic carbocycles. The van der Waals surface area contributed by atoms with E-state index in [4.69, 9.17) is 0 Å². The van der Waals surface area contributed by atoms with Crippen LogP contribution in [0.3, 0.4) is 0 Å². The van der Waals surface area contributed by atoms with E-state index in [1.54, 1.807) is 0 Å². The molecule has 0 bridgehead atoms. The van der Waals surface area contributed by atoms with Crippen molar-refractivity contribution < 1.29 is 28.5 Å². The van der Waals surface area contributed by atoms with E-state index in [0.29, 0.717) is 0 Å². The third kappa shape index (κ3) is 4.60. The molecule has 2 aliphatic heterocycles. The van der Waals surface area contributed by atoms with Crippen LogP contribution in [0.25, 0.3) is 11.4 Å². The summed E-state index contributed by atoms with van der Waals surface area (Å²) >= 11 is 2.15. The lowest BCUT2D eigenvalue weighted by Crippen LogP contribution is -3.00. The number of aryl methyl sites for hydroxylation is 1. The minimum Gasteiger partial charge on any atom is -1.00 e. The second-order valence-corrected chi connectivity index (χ2v) is 22.4. The van der Waals surface area contributed by atoms with Gasteiger partial charge < -0.3 is 28.5 Å². The molecule has 0 saturated heterocycles. The summed E-state index contributed by atoms with van der Waals surface area (Å²) in [6.07, 6.45) is 8.53. The van der Waals surface area contributed by atoms with Gasteiger partial charge in [0.1, 0.15) is 33.3 Å². The van der Waals surface area contributed by atoms with Crippen molar-refractivity contribution in [1.29, 1.82) is 0 Å². The molecule has 0 unspecified atom stereocenters. The Hall–Kier alpha value is -1.25. The van der Waals surface area contributed by atoms with Gasteiger partial charge in [-0.3, -0.25) is 0 Å². The molecule has 2 aromatic carbocycles. The van der Waals surface area contributed by atoms with Gasteiger partial charge in [0.2, 0.25) is 6.33 Å². The summed E-state index contributed by atoms with van der Waals surface area (Å²) in [5, 5.41) is 3.47. The molecular formula is C30H42I2N4Si2. The van der Waals surface area contributed by atoms with Crippen LogP contribution >= 0.6 is 22.6 Å². The lowest BCUT2D eigenvalue weighted by atomic mass is 9.99. The Bertz CT molecular complexity index is 1430. The molecule has 0 radical (unpaired) electrons. The number of halogens is 2. The first-order valence-corrected chi connectivity index (χ1v) is 21.2. The number of benzene rings is 2. The zero-order chi connectivity index (χ0) is 27.4. The van der Waals surface area contributed by atoms with Crippen LogP contribution in [0.5, 0.6) is 0 Å². The quantitative estimate of drug-likeness (QED) is 0.117. The average Bonchev–Trinajstić information content (AvgIpc) is 3.52. The highest BCUT2D eigenvalue weighted by Crippen LogP contribution is 2.41. The van der Waals surface area contributed by atoms with E-state index in [2.05, 4.69) is 169 Å².